The highest BCUT2D eigenvalue weighted by Crippen LogP contribution is 2.29. The van der Waals surface area contributed by atoms with Crippen molar-refractivity contribution in [2.24, 2.45) is 0 Å². The Morgan fingerprint density at radius 2 is 2.05 bits per heavy atom. The normalized spacial score (nSPS) is 11.6. The number of thioether (sulfide) groups is 1. The number of carbonyl (C=O) groups is 1. The molecule has 4 nitrogen and oxygen atoms in total. The Bertz CT molecular complexity index is 661. The van der Waals surface area contributed by atoms with Crippen LogP contribution in [0, 0.1) is 0 Å². The standard InChI is InChI=1S/C13H12F3N3OS/c14-13(15,16)21-6-5-18-12(20)11-7-9(17)8-3-1-2-4-10(8)19-11/h1-4,7H,5-6H2,(H2,17,19)(H,18,20). The van der Waals surface area contributed by atoms with Gasteiger partial charge in [-0.3, -0.25) is 4.79 Å². The third-order valence-electron chi connectivity index (χ3n) is 2.63. The fourth-order valence-corrected chi connectivity index (χ4v) is 2.18. The summed E-state index contributed by atoms with van der Waals surface area (Å²) < 4.78 is 35.9. The van der Waals surface area contributed by atoms with Gasteiger partial charge in [-0.15, -0.1) is 0 Å². The summed E-state index contributed by atoms with van der Waals surface area (Å²) in [5, 5.41) is 3.11. The Hall–Kier alpha value is -1.96. The largest absolute Gasteiger partial charge is 0.441 e. The van der Waals surface area contributed by atoms with E-state index < -0.39 is 11.4 Å². The number of pyridine rings is 1. The minimum atomic E-state index is -4.30. The van der Waals surface area contributed by atoms with E-state index in [1.54, 1.807) is 24.3 Å². The maximum absolute atomic E-state index is 12.0. The van der Waals surface area contributed by atoms with Gasteiger partial charge in [0.2, 0.25) is 0 Å². The van der Waals surface area contributed by atoms with Crippen molar-refractivity contribution in [3.63, 3.8) is 0 Å². The smallest absolute Gasteiger partial charge is 0.398 e. The van der Waals surface area contributed by atoms with E-state index in [1.165, 1.54) is 6.07 Å². The Morgan fingerprint density at radius 3 is 2.76 bits per heavy atom. The van der Waals surface area contributed by atoms with Crippen LogP contribution in [-0.4, -0.2) is 28.7 Å². The van der Waals surface area contributed by atoms with Crippen LogP contribution in [0.2, 0.25) is 0 Å². The molecule has 0 aliphatic heterocycles. The van der Waals surface area contributed by atoms with Gasteiger partial charge in [-0.25, -0.2) is 4.98 Å². The number of nitrogens with zero attached hydrogens (tertiary/aromatic N) is 1. The topological polar surface area (TPSA) is 68.0 Å². The molecule has 1 aromatic heterocycles. The third kappa shape index (κ3) is 4.25. The fourth-order valence-electron chi connectivity index (χ4n) is 1.74. The summed E-state index contributed by atoms with van der Waals surface area (Å²) in [4.78, 5) is 16.0. The van der Waals surface area contributed by atoms with Crippen LogP contribution >= 0.6 is 11.8 Å². The van der Waals surface area contributed by atoms with Crippen LogP contribution in [0.15, 0.2) is 30.3 Å². The zero-order valence-electron chi connectivity index (χ0n) is 10.8. The lowest BCUT2D eigenvalue weighted by Gasteiger charge is -2.08. The predicted molar refractivity (Wildman–Crippen MR) is 77.0 cm³/mol. The van der Waals surface area contributed by atoms with Crippen molar-refractivity contribution in [2.45, 2.75) is 5.51 Å². The minimum Gasteiger partial charge on any atom is -0.398 e. The van der Waals surface area contributed by atoms with Crippen molar-refractivity contribution in [1.82, 2.24) is 10.3 Å². The SMILES string of the molecule is Nc1cc(C(=O)NCCSC(F)(F)F)nc2ccccc12. The lowest BCUT2D eigenvalue weighted by Crippen LogP contribution is -2.27. The van der Waals surface area contributed by atoms with E-state index in [1.807, 2.05) is 0 Å². The number of anilines is 1. The average Bonchev–Trinajstić information content (AvgIpc) is 2.42. The van der Waals surface area contributed by atoms with Crippen molar-refractivity contribution in [3.05, 3.63) is 36.0 Å². The van der Waals surface area contributed by atoms with E-state index in [0.29, 0.717) is 11.2 Å². The molecule has 0 radical (unpaired) electrons. The lowest BCUT2D eigenvalue weighted by atomic mass is 10.1. The first-order chi connectivity index (χ1) is 9.87. The number of halogens is 3. The molecule has 1 aromatic carbocycles. The van der Waals surface area contributed by atoms with Gasteiger partial charge in [-0.2, -0.15) is 13.2 Å². The van der Waals surface area contributed by atoms with Gasteiger partial charge in [-0.1, -0.05) is 18.2 Å². The number of hydrogen-bond donors (Lipinski definition) is 2. The van der Waals surface area contributed by atoms with E-state index >= 15 is 0 Å². The second-order valence-electron chi connectivity index (χ2n) is 4.16. The molecule has 0 fully saturated rings. The zero-order valence-corrected chi connectivity index (χ0v) is 11.6. The number of hydrogen-bond acceptors (Lipinski definition) is 4. The predicted octanol–water partition coefficient (Wildman–Crippen LogP) is 2.80. The molecule has 112 valence electrons. The third-order valence-corrected chi connectivity index (χ3v) is 3.37. The zero-order chi connectivity index (χ0) is 15.5. The highest BCUT2D eigenvalue weighted by atomic mass is 32.2. The Morgan fingerprint density at radius 1 is 1.33 bits per heavy atom. The van der Waals surface area contributed by atoms with Crippen molar-refractivity contribution < 1.29 is 18.0 Å². The molecule has 0 atom stereocenters. The van der Waals surface area contributed by atoms with Gasteiger partial charge in [-0.05, 0) is 23.9 Å². The Balaban J connectivity index is 2.03. The second kappa shape index (κ2) is 6.21. The van der Waals surface area contributed by atoms with Gasteiger partial charge in [0.15, 0.2) is 0 Å². The van der Waals surface area contributed by atoms with Gasteiger partial charge in [0.05, 0.1) is 5.52 Å². The summed E-state index contributed by atoms with van der Waals surface area (Å²) >= 11 is -0.183. The van der Waals surface area contributed by atoms with Gasteiger partial charge in [0, 0.05) is 23.4 Å². The molecule has 8 heteroatoms. The van der Waals surface area contributed by atoms with E-state index in [-0.39, 0.29) is 29.8 Å². The van der Waals surface area contributed by atoms with Crippen LogP contribution in [-0.2, 0) is 0 Å². The first-order valence-corrected chi connectivity index (χ1v) is 6.99. The molecule has 3 N–H and O–H groups in total. The fraction of sp³-hybridized carbons (Fsp3) is 0.231. The highest BCUT2D eigenvalue weighted by molar-refractivity contribution is 8.00. The van der Waals surface area contributed by atoms with Crippen molar-refractivity contribution in [2.75, 3.05) is 18.0 Å². The molecule has 0 saturated carbocycles. The molecular formula is C13H12F3N3OS. The van der Waals surface area contributed by atoms with Gasteiger partial charge < -0.3 is 11.1 Å². The van der Waals surface area contributed by atoms with E-state index in [9.17, 15) is 18.0 Å². The van der Waals surface area contributed by atoms with Crippen molar-refractivity contribution >= 4 is 34.3 Å². The van der Waals surface area contributed by atoms with E-state index in [0.717, 1.165) is 5.39 Å². The molecule has 0 saturated heterocycles. The van der Waals surface area contributed by atoms with Crippen LogP contribution < -0.4 is 11.1 Å². The average molecular weight is 315 g/mol. The number of carbonyl (C=O) groups excluding carboxylic acids is 1. The monoisotopic (exact) mass is 315 g/mol. The quantitative estimate of drug-likeness (QED) is 0.851. The summed E-state index contributed by atoms with van der Waals surface area (Å²) in [7, 11) is 0. The van der Waals surface area contributed by atoms with Crippen LogP contribution in [0.3, 0.4) is 0 Å². The molecule has 0 spiro atoms. The molecule has 0 bridgehead atoms. The van der Waals surface area contributed by atoms with Gasteiger partial charge in [0.25, 0.3) is 5.91 Å². The number of para-hydroxylation sites is 1. The number of aromatic nitrogens is 1. The second-order valence-corrected chi connectivity index (χ2v) is 5.32. The number of nitrogens with one attached hydrogen (secondary N) is 1. The molecule has 2 rings (SSSR count). The van der Waals surface area contributed by atoms with Gasteiger partial charge in [0.1, 0.15) is 5.69 Å². The van der Waals surface area contributed by atoms with Crippen molar-refractivity contribution in [3.8, 4) is 0 Å². The molecular weight excluding hydrogens is 303 g/mol. The summed E-state index contributed by atoms with van der Waals surface area (Å²) in [6.45, 7) is -0.0998. The van der Waals surface area contributed by atoms with E-state index in [2.05, 4.69) is 10.3 Å². The molecule has 0 unspecified atom stereocenters. The lowest BCUT2D eigenvalue weighted by molar-refractivity contribution is -0.0327. The van der Waals surface area contributed by atoms with Crippen LogP contribution in [0.5, 0.6) is 0 Å². The summed E-state index contributed by atoms with van der Waals surface area (Å²) in [5.74, 6) is -0.798. The molecule has 21 heavy (non-hydrogen) atoms. The molecule has 2 aromatic rings. The Labute approximate surface area is 122 Å². The summed E-state index contributed by atoms with van der Waals surface area (Å²) in [6.07, 6.45) is 0. The molecule has 1 amide bonds. The van der Waals surface area contributed by atoms with Crippen LogP contribution in [0.25, 0.3) is 10.9 Å². The number of benzene rings is 1. The number of nitrogens with two attached hydrogens (primary N) is 1. The van der Waals surface area contributed by atoms with E-state index in [4.69, 9.17) is 5.73 Å². The number of alkyl halides is 3. The summed E-state index contributed by atoms with van der Waals surface area (Å²) in [5.41, 5.74) is 2.59. The number of fused-ring (bicyclic) bond motifs is 1. The maximum atomic E-state index is 12.0. The van der Waals surface area contributed by atoms with Crippen molar-refractivity contribution in [1.29, 1.82) is 0 Å². The summed E-state index contributed by atoms with van der Waals surface area (Å²) in [6, 6.07) is 8.46. The van der Waals surface area contributed by atoms with Crippen LogP contribution in [0.1, 0.15) is 10.5 Å². The first kappa shape index (κ1) is 15.4. The van der Waals surface area contributed by atoms with Gasteiger partial charge >= 0.3 is 5.51 Å². The number of rotatable bonds is 4. The minimum absolute atomic E-state index is 0.0863. The number of nitrogen functional groups attached to an aromatic ring is 1. The molecule has 0 aliphatic rings. The maximum Gasteiger partial charge on any atom is 0.441 e. The molecule has 1 heterocycles. The highest BCUT2D eigenvalue weighted by Gasteiger charge is 2.27. The van der Waals surface area contributed by atoms with Crippen LogP contribution in [0.4, 0.5) is 18.9 Å². The first-order valence-electron chi connectivity index (χ1n) is 6.01. The molecule has 0 aliphatic carbocycles. The Kier molecular flexibility index (Phi) is 4.56. The number of amides is 1.